The fourth-order valence-corrected chi connectivity index (χ4v) is 9.18. The molecule has 10 nitrogen and oxygen atoms in total. The van der Waals surface area contributed by atoms with E-state index in [2.05, 4.69) is 46.2 Å². The minimum absolute atomic E-state index is 0.207. The number of benzene rings is 4. The molecule has 0 fully saturated rings. The second kappa shape index (κ2) is 16.5. The van der Waals surface area contributed by atoms with Crippen molar-refractivity contribution < 1.29 is 33.2 Å². The molecule has 10 heteroatoms. The molecule has 0 unspecified atom stereocenters. The van der Waals surface area contributed by atoms with Crippen LogP contribution in [0.25, 0.3) is 0 Å². The lowest BCUT2D eigenvalue weighted by molar-refractivity contribution is -0.116. The Kier molecular flexibility index (Phi) is 11.6. The number of ketones is 1. The fraction of sp³-hybridized carbons (Fsp3) is 0.444. The first-order chi connectivity index (χ1) is 26.7. The summed E-state index contributed by atoms with van der Waals surface area (Å²) in [6.45, 7) is 5.91. The number of hydrogen-bond acceptors (Lipinski definition) is 10. The molecule has 55 heavy (non-hydrogen) atoms. The maximum absolute atomic E-state index is 11.5. The normalized spacial score (nSPS) is 18.1. The summed E-state index contributed by atoms with van der Waals surface area (Å²) in [4.78, 5) is 16.6. The van der Waals surface area contributed by atoms with Gasteiger partial charge < -0.3 is 38.9 Å². The van der Waals surface area contributed by atoms with Gasteiger partial charge in [-0.05, 0) is 108 Å². The molecule has 8 rings (SSSR count). The molecule has 0 aromatic heterocycles. The van der Waals surface area contributed by atoms with Crippen LogP contribution in [-0.2, 0) is 56.5 Å². The lowest BCUT2D eigenvalue weighted by Crippen LogP contribution is -2.39. The number of nitrogens with two attached hydrogens (primary N) is 1. The molecule has 0 saturated carbocycles. The van der Waals surface area contributed by atoms with Crippen molar-refractivity contribution in [3.05, 3.63) is 104 Å². The molecule has 0 radical (unpaired) electrons. The zero-order valence-corrected chi connectivity index (χ0v) is 33.4. The van der Waals surface area contributed by atoms with E-state index < -0.39 is 0 Å². The van der Waals surface area contributed by atoms with Crippen LogP contribution >= 0.6 is 0 Å². The van der Waals surface area contributed by atoms with Crippen molar-refractivity contribution >= 4 is 5.78 Å². The SMILES string of the molecule is COc1cc2c(cc1CCC(C)=O)[C@@H]1Cc3ccc(OC)c(OC)c3CN1CC2.COc1cc2c(cc1CN)[C@@H]1Cc3ccc(OC)c(OC)c3CN1CC2. The Balaban J connectivity index is 0.000000170. The van der Waals surface area contributed by atoms with Crippen LogP contribution in [0.3, 0.4) is 0 Å². The van der Waals surface area contributed by atoms with E-state index in [0.29, 0.717) is 25.0 Å². The number of nitrogens with zero attached hydrogens (tertiary/aromatic N) is 2. The van der Waals surface area contributed by atoms with Crippen LogP contribution in [0.2, 0.25) is 0 Å². The summed E-state index contributed by atoms with van der Waals surface area (Å²) in [5.74, 6) is 5.33. The third-order valence-corrected chi connectivity index (χ3v) is 12.0. The van der Waals surface area contributed by atoms with Gasteiger partial charge in [0.25, 0.3) is 0 Å². The predicted octanol–water partition coefficient (Wildman–Crippen LogP) is 6.72. The van der Waals surface area contributed by atoms with Gasteiger partial charge in [-0.3, -0.25) is 9.80 Å². The fourth-order valence-electron chi connectivity index (χ4n) is 9.18. The van der Waals surface area contributed by atoms with E-state index >= 15 is 0 Å². The molecule has 0 saturated heterocycles. The van der Waals surface area contributed by atoms with E-state index in [1.807, 2.05) is 12.1 Å². The number of ether oxygens (including phenoxy) is 6. The van der Waals surface area contributed by atoms with Crippen LogP contribution in [0.5, 0.6) is 34.5 Å². The summed E-state index contributed by atoms with van der Waals surface area (Å²) in [6.07, 6.45) is 5.20. The van der Waals surface area contributed by atoms with Gasteiger partial charge in [-0.1, -0.05) is 18.2 Å². The van der Waals surface area contributed by atoms with Crippen LogP contribution < -0.4 is 34.2 Å². The van der Waals surface area contributed by atoms with Crippen molar-refractivity contribution in [1.29, 1.82) is 0 Å². The molecule has 4 aliphatic heterocycles. The van der Waals surface area contributed by atoms with Crippen molar-refractivity contribution in [2.45, 2.75) is 77.2 Å². The summed E-state index contributed by atoms with van der Waals surface area (Å²) in [5, 5.41) is 0. The third-order valence-electron chi connectivity index (χ3n) is 12.0. The van der Waals surface area contributed by atoms with Gasteiger partial charge in [-0.2, -0.15) is 0 Å². The standard InChI is InChI=1S/C24H29NO4.C21H26N2O3/c1-15(26)5-6-18-11-19-17(13-23(18)28-3)9-10-25-14-20-16(12-21(19)25)7-8-22(27-2)24(20)29-4;1-24-19-5-4-13-9-18-16-8-15(11-22)20(25-2)10-14(16)6-7-23(18)12-17(13)21(19)26-3/h7-8,11,13,21H,5-6,9-10,12,14H2,1-4H3;4-5,8,10,18H,6-7,9,11-12,22H2,1-3H3/t21-;18-/m00/s1. The smallest absolute Gasteiger partial charge is 0.165 e. The monoisotopic (exact) mass is 749 g/mol. The highest BCUT2D eigenvalue weighted by Gasteiger charge is 2.36. The summed E-state index contributed by atoms with van der Waals surface area (Å²) < 4.78 is 33.5. The first-order valence-corrected chi connectivity index (χ1v) is 19.3. The number of carbonyl (C=O) groups is 1. The number of hydrogen-bond donors (Lipinski definition) is 1. The second-order valence-corrected chi connectivity index (χ2v) is 14.9. The number of Topliss-reactive ketones (excluding diaryl/α,β-unsaturated/α-hetero) is 1. The van der Waals surface area contributed by atoms with E-state index in [0.717, 1.165) is 104 Å². The van der Waals surface area contributed by atoms with Gasteiger partial charge in [-0.15, -0.1) is 0 Å². The van der Waals surface area contributed by atoms with E-state index in [-0.39, 0.29) is 5.78 Å². The second-order valence-electron chi connectivity index (χ2n) is 14.9. The van der Waals surface area contributed by atoms with Gasteiger partial charge >= 0.3 is 0 Å². The number of aryl methyl sites for hydroxylation is 1. The highest BCUT2D eigenvalue weighted by atomic mass is 16.5. The van der Waals surface area contributed by atoms with Gasteiger partial charge in [-0.25, -0.2) is 0 Å². The molecule has 2 N–H and O–H groups in total. The largest absolute Gasteiger partial charge is 0.496 e. The molecule has 4 aromatic rings. The third kappa shape index (κ3) is 7.35. The number of carbonyl (C=O) groups excluding carboxylic acids is 1. The summed E-state index contributed by atoms with van der Waals surface area (Å²) >= 11 is 0. The molecule has 2 atom stereocenters. The Bertz CT molecular complexity index is 2060. The summed E-state index contributed by atoms with van der Waals surface area (Å²) in [7, 11) is 10.2. The quantitative estimate of drug-likeness (QED) is 0.188. The number of fused-ring (bicyclic) bond motifs is 8. The Morgan fingerprint density at radius 3 is 1.49 bits per heavy atom. The highest BCUT2D eigenvalue weighted by Crippen LogP contribution is 2.46. The van der Waals surface area contributed by atoms with Crippen LogP contribution in [0.1, 0.15) is 81.1 Å². The van der Waals surface area contributed by atoms with Crippen molar-refractivity contribution in [2.24, 2.45) is 5.73 Å². The minimum Gasteiger partial charge on any atom is -0.496 e. The first-order valence-electron chi connectivity index (χ1n) is 19.3. The maximum atomic E-state index is 11.5. The van der Waals surface area contributed by atoms with Crippen molar-refractivity contribution in [3.63, 3.8) is 0 Å². The molecule has 4 aliphatic rings. The zero-order valence-electron chi connectivity index (χ0n) is 33.4. The molecular weight excluding hydrogens is 695 g/mol. The molecule has 0 spiro atoms. The van der Waals surface area contributed by atoms with Gasteiger partial charge in [0, 0.05) is 67.9 Å². The molecular formula is C45H55N3O7. The predicted molar refractivity (Wildman–Crippen MR) is 213 cm³/mol. The summed E-state index contributed by atoms with van der Waals surface area (Å²) in [5.41, 5.74) is 18.8. The Hall–Kier alpha value is -4.77. The number of methoxy groups -OCH3 is 6. The van der Waals surface area contributed by atoms with Gasteiger partial charge in [0.05, 0.1) is 42.7 Å². The molecule has 4 heterocycles. The van der Waals surface area contributed by atoms with Gasteiger partial charge in [0.1, 0.15) is 17.3 Å². The Morgan fingerprint density at radius 2 is 1.07 bits per heavy atom. The Morgan fingerprint density at radius 1 is 0.618 bits per heavy atom. The van der Waals surface area contributed by atoms with E-state index in [1.165, 1.54) is 44.5 Å². The van der Waals surface area contributed by atoms with Gasteiger partial charge in [0.15, 0.2) is 23.0 Å². The van der Waals surface area contributed by atoms with Gasteiger partial charge in [0.2, 0.25) is 0 Å². The lowest BCUT2D eigenvalue weighted by atomic mass is 9.82. The number of rotatable bonds is 10. The van der Waals surface area contributed by atoms with E-state index in [1.54, 1.807) is 49.6 Å². The topological polar surface area (TPSA) is 105 Å². The summed E-state index contributed by atoms with van der Waals surface area (Å²) in [6, 6.07) is 18.0. The average molecular weight is 750 g/mol. The van der Waals surface area contributed by atoms with Crippen LogP contribution in [-0.4, -0.2) is 71.3 Å². The van der Waals surface area contributed by atoms with Crippen molar-refractivity contribution in [2.75, 3.05) is 55.7 Å². The molecule has 0 amide bonds. The zero-order chi connectivity index (χ0) is 38.8. The van der Waals surface area contributed by atoms with Crippen molar-refractivity contribution in [1.82, 2.24) is 9.80 Å². The van der Waals surface area contributed by atoms with Crippen LogP contribution in [0.15, 0.2) is 48.5 Å². The first kappa shape index (κ1) is 38.5. The lowest BCUT2D eigenvalue weighted by Gasteiger charge is -2.42. The minimum atomic E-state index is 0.207. The van der Waals surface area contributed by atoms with Crippen molar-refractivity contribution in [3.8, 4) is 34.5 Å². The van der Waals surface area contributed by atoms with Crippen LogP contribution in [0, 0.1) is 0 Å². The molecule has 0 bridgehead atoms. The highest BCUT2D eigenvalue weighted by molar-refractivity contribution is 5.75. The molecule has 292 valence electrons. The van der Waals surface area contributed by atoms with Crippen LogP contribution in [0.4, 0.5) is 0 Å². The average Bonchev–Trinajstić information content (AvgIpc) is 3.22. The Labute approximate surface area is 325 Å². The maximum Gasteiger partial charge on any atom is 0.165 e. The molecule has 4 aromatic carbocycles. The van der Waals surface area contributed by atoms with E-state index in [9.17, 15) is 4.79 Å². The van der Waals surface area contributed by atoms with E-state index in [4.69, 9.17) is 34.2 Å². The molecule has 0 aliphatic carbocycles.